The van der Waals surface area contributed by atoms with Gasteiger partial charge in [0.15, 0.2) is 11.7 Å². The van der Waals surface area contributed by atoms with Crippen LogP contribution in [0.2, 0.25) is 0 Å². The SMILES string of the molecule is CCC(C)(C)OOC(C)(C)C#CC(C)OOC(C)(C)C. The molecule has 1 atom stereocenters. The molecule has 4 heteroatoms. The summed E-state index contributed by atoms with van der Waals surface area (Å²) in [4.78, 5) is 21.2. The van der Waals surface area contributed by atoms with Crippen LogP contribution in [-0.4, -0.2) is 22.9 Å². The molecule has 4 nitrogen and oxygen atoms in total. The van der Waals surface area contributed by atoms with Gasteiger partial charge in [0.1, 0.15) is 0 Å². The van der Waals surface area contributed by atoms with Gasteiger partial charge < -0.3 is 0 Å². The molecule has 20 heavy (non-hydrogen) atoms. The monoisotopic (exact) mass is 286 g/mol. The van der Waals surface area contributed by atoms with Gasteiger partial charge in [-0.3, -0.25) is 0 Å². The van der Waals surface area contributed by atoms with Gasteiger partial charge in [-0.25, -0.2) is 19.6 Å². The van der Waals surface area contributed by atoms with E-state index < -0.39 is 5.60 Å². The van der Waals surface area contributed by atoms with E-state index in [1.54, 1.807) is 0 Å². The second-order valence-electron chi connectivity index (χ2n) is 6.99. The van der Waals surface area contributed by atoms with Crippen LogP contribution in [0.5, 0.6) is 0 Å². The van der Waals surface area contributed by atoms with Crippen molar-refractivity contribution < 1.29 is 19.6 Å². The van der Waals surface area contributed by atoms with Crippen LogP contribution >= 0.6 is 0 Å². The summed E-state index contributed by atoms with van der Waals surface area (Å²) >= 11 is 0. The Labute approximate surface area is 124 Å². The zero-order valence-electron chi connectivity index (χ0n) is 14.4. The molecule has 0 heterocycles. The van der Waals surface area contributed by atoms with E-state index in [9.17, 15) is 0 Å². The van der Waals surface area contributed by atoms with Gasteiger partial charge >= 0.3 is 0 Å². The highest BCUT2D eigenvalue weighted by Crippen LogP contribution is 2.19. The average molecular weight is 286 g/mol. The van der Waals surface area contributed by atoms with Crippen LogP contribution in [0.1, 0.15) is 68.7 Å². The molecule has 0 fully saturated rings. The summed E-state index contributed by atoms with van der Waals surface area (Å²) in [6, 6.07) is 0. The Balaban J connectivity index is 4.36. The second kappa shape index (κ2) is 7.42. The Morgan fingerprint density at radius 3 is 1.90 bits per heavy atom. The lowest BCUT2D eigenvalue weighted by molar-refractivity contribution is -0.388. The van der Waals surface area contributed by atoms with Crippen LogP contribution in [0.25, 0.3) is 0 Å². The van der Waals surface area contributed by atoms with Gasteiger partial charge in [0, 0.05) is 0 Å². The molecule has 0 rings (SSSR count). The lowest BCUT2D eigenvalue weighted by Crippen LogP contribution is -2.31. The van der Waals surface area contributed by atoms with Crippen molar-refractivity contribution in [2.45, 2.75) is 91.6 Å². The molecule has 0 saturated heterocycles. The Morgan fingerprint density at radius 2 is 1.45 bits per heavy atom. The largest absolute Gasteiger partial charge is 0.230 e. The first-order valence-corrected chi connectivity index (χ1v) is 7.11. The standard InChI is InChI=1S/C16H30O4/c1-10-15(6,7)19-20-16(8,9)12-11-13(2)17-18-14(3,4)5/h13H,10H2,1-9H3. The zero-order chi connectivity index (χ0) is 16.0. The van der Waals surface area contributed by atoms with Gasteiger partial charge in [-0.05, 0) is 61.8 Å². The van der Waals surface area contributed by atoms with E-state index in [0.29, 0.717) is 0 Å². The lowest BCUT2D eigenvalue weighted by atomic mass is 10.1. The molecule has 0 saturated carbocycles. The Hall–Kier alpha value is -0.600. The molecule has 0 spiro atoms. The molecular weight excluding hydrogens is 256 g/mol. The van der Waals surface area contributed by atoms with E-state index >= 15 is 0 Å². The summed E-state index contributed by atoms with van der Waals surface area (Å²) < 4.78 is 0. The van der Waals surface area contributed by atoms with Gasteiger partial charge in [0.05, 0.1) is 11.2 Å². The van der Waals surface area contributed by atoms with Crippen molar-refractivity contribution in [3.63, 3.8) is 0 Å². The first kappa shape index (κ1) is 19.4. The predicted octanol–water partition coefficient (Wildman–Crippen LogP) is 4.04. The first-order chi connectivity index (χ1) is 8.87. The third-order valence-electron chi connectivity index (χ3n) is 2.35. The average Bonchev–Trinajstić information content (AvgIpc) is 2.31. The van der Waals surface area contributed by atoms with Crippen LogP contribution < -0.4 is 0 Å². The number of hydrogen-bond donors (Lipinski definition) is 0. The topological polar surface area (TPSA) is 36.9 Å². The summed E-state index contributed by atoms with van der Waals surface area (Å²) in [5, 5.41) is 0. The summed E-state index contributed by atoms with van der Waals surface area (Å²) in [5.74, 6) is 5.94. The second-order valence-corrected chi connectivity index (χ2v) is 6.99. The van der Waals surface area contributed by atoms with E-state index in [1.165, 1.54) is 0 Å². The van der Waals surface area contributed by atoms with E-state index in [0.717, 1.165) is 6.42 Å². The quantitative estimate of drug-likeness (QED) is 0.419. The van der Waals surface area contributed by atoms with E-state index in [1.807, 2.05) is 62.3 Å². The van der Waals surface area contributed by atoms with Crippen LogP contribution in [0, 0.1) is 11.8 Å². The molecule has 0 N–H and O–H groups in total. The zero-order valence-corrected chi connectivity index (χ0v) is 14.4. The molecule has 0 aliphatic carbocycles. The summed E-state index contributed by atoms with van der Waals surface area (Å²) in [6.45, 7) is 17.3. The van der Waals surface area contributed by atoms with Gasteiger partial charge in [-0.1, -0.05) is 18.8 Å². The van der Waals surface area contributed by atoms with Crippen LogP contribution in [-0.2, 0) is 19.6 Å². The molecule has 0 aromatic heterocycles. The Bertz CT molecular complexity index is 342. The highest BCUT2D eigenvalue weighted by Gasteiger charge is 2.24. The van der Waals surface area contributed by atoms with Crippen LogP contribution in [0.3, 0.4) is 0 Å². The lowest BCUT2D eigenvalue weighted by Gasteiger charge is -2.27. The summed E-state index contributed by atoms with van der Waals surface area (Å²) in [6.07, 6.45) is 0.520. The van der Waals surface area contributed by atoms with E-state index in [4.69, 9.17) is 19.6 Å². The Morgan fingerprint density at radius 1 is 0.900 bits per heavy atom. The maximum atomic E-state index is 5.42. The van der Waals surface area contributed by atoms with Crippen molar-refractivity contribution in [2.75, 3.05) is 0 Å². The minimum atomic E-state index is -0.703. The van der Waals surface area contributed by atoms with Crippen LogP contribution in [0.15, 0.2) is 0 Å². The molecule has 0 radical (unpaired) electrons. The molecular formula is C16H30O4. The van der Waals surface area contributed by atoms with E-state index in [2.05, 4.69) is 11.8 Å². The number of rotatable bonds is 6. The van der Waals surface area contributed by atoms with E-state index in [-0.39, 0.29) is 17.3 Å². The van der Waals surface area contributed by atoms with Gasteiger partial charge in [-0.2, -0.15) is 0 Å². The highest BCUT2D eigenvalue weighted by molar-refractivity contribution is 5.13. The van der Waals surface area contributed by atoms with Crippen molar-refractivity contribution in [1.29, 1.82) is 0 Å². The number of hydrogen-bond acceptors (Lipinski definition) is 4. The maximum absolute atomic E-state index is 5.42. The predicted molar refractivity (Wildman–Crippen MR) is 79.8 cm³/mol. The molecule has 1 unspecified atom stereocenters. The minimum absolute atomic E-state index is 0.323. The summed E-state index contributed by atoms with van der Waals surface area (Å²) in [7, 11) is 0. The fraction of sp³-hybridized carbons (Fsp3) is 0.875. The van der Waals surface area contributed by atoms with Crippen molar-refractivity contribution in [3.8, 4) is 11.8 Å². The molecule has 0 aliphatic heterocycles. The van der Waals surface area contributed by atoms with Crippen molar-refractivity contribution in [2.24, 2.45) is 0 Å². The minimum Gasteiger partial charge on any atom is -0.230 e. The molecule has 0 bridgehead atoms. The van der Waals surface area contributed by atoms with Gasteiger partial charge in [0.2, 0.25) is 0 Å². The van der Waals surface area contributed by atoms with Crippen molar-refractivity contribution in [3.05, 3.63) is 0 Å². The highest BCUT2D eigenvalue weighted by atomic mass is 17.2. The molecule has 0 amide bonds. The third kappa shape index (κ3) is 10.2. The third-order valence-corrected chi connectivity index (χ3v) is 2.35. The van der Waals surface area contributed by atoms with Gasteiger partial charge in [0.25, 0.3) is 0 Å². The van der Waals surface area contributed by atoms with Crippen molar-refractivity contribution in [1.82, 2.24) is 0 Å². The van der Waals surface area contributed by atoms with Crippen LogP contribution in [0.4, 0.5) is 0 Å². The fourth-order valence-corrected chi connectivity index (χ4v) is 0.813. The molecule has 0 aromatic rings. The fourth-order valence-electron chi connectivity index (χ4n) is 0.813. The van der Waals surface area contributed by atoms with Crippen molar-refractivity contribution >= 4 is 0 Å². The molecule has 0 aromatic carbocycles. The summed E-state index contributed by atoms with van der Waals surface area (Å²) in [5.41, 5.74) is -1.38. The smallest absolute Gasteiger partial charge is 0.158 e. The molecule has 118 valence electrons. The first-order valence-electron chi connectivity index (χ1n) is 7.11. The van der Waals surface area contributed by atoms with Gasteiger partial charge in [-0.15, -0.1) is 0 Å². The normalized spacial score (nSPS) is 14.7. The maximum Gasteiger partial charge on any atom is 0.158 e. The molecule has 0 aliphatic rings. The Kier molecular flexibility index (Phi) is 7.20.